The number of hydrogen-bond donors (Lipinski definition) is 1. The number of benzene rings is 2. The molecule has 0 aromatic heterocycles. The van der Waals surface area contributed by atoms with Gasteiger partial charge in [-0.15, -0.1) is 0 Å². The van der Waals surface area contributed by atoms with E-state index in [1.165, 1.54) is 12.1 Å². The van der Waals surface area contributed by atoms with Crippen molar-refractivity contribution in [1.82, 2.24) is 10.2 Å². The fourth-order valence-corrected chi connectivity index (χ4v) is 2.91. The van der Waals surface area contributed by atoms with Crippen LogP contribution >= 0.6 is 0 Å². The van der Waals surface area contributed by atoms with E-state index in [2.05, 4.69) is 10.2 Å². The Bertz CT molecular complexity index is 724. The number of hydrogen-bond acceptors (Lipinski definition) is 2. The van der Waals surface area contributed by atoms with E-state index in [4.69, 9.17) is 0 Å². The molecule has 2 amide bonds. The van der Waals surface area contributed by atoms with E-state index < -0.39 is 11.7 Å². The maximum atomic E-state index is 12.6. The fraction of sp³-hybridized carbons (Fsp3) is 0.316. The Labute approximate surface area is 150 Å². The van der Waals surface area contributed by atoms with Crippen LogP contribution in [-0.4, -0.2) is 37.1 Å². The molecule has 0 atom stereocenters. The fourth-order valence-electron chi connectivity index (χ4n) is 2.91. The number of carbonyl (C=O) groups excluding carboxylic acids is 1. The maximum absolute atomic E-state index is 12.6. The molecule has 1 aliphatic heterocycles. The summed E-state index contributed by atoms with van der Waals surface area (Å²) in [6, 6.07) is 14.6. The summed E-state index contributed by atoms with van der Waals surface area (Å²) in [6.07, 6.45) is -4.35. The van der Waals surface area contributed by atoms with E-state index in [9.17, 15) is 18.0 Å². The average molecular weight is 363 g/mol. The molecule has 2 aromatic rings. The Morgan fingerprint density at radius 1 is 0.923 bits per heavy atom. The summed E-state index contributed by atoms with van der Waals surface area (Å²) >= 11 is 0. The number of halogens is 3. The number of rotatable bonds is 3. The highest BCUT2D eigenvalue weighted by molar-refractivity contribution is 5.74. The quantitative estimate of drug-likeness (QED) is 0.902. The Balaban J connectivity index is 1.47. The number of piperazine rings is 1. The van der Waals surface area contributed by atoms with Crippen molar-refractivity contribution >= 4 is 11.7 Å². The number of urea groups is 1. The van der Waals surface area contributed by atoms with Gasteiger partial charge in [-0.1, -0.05) is 30.3 Å². The molecular formula is C19H20F3N3O. The minimum absolute atomic E-state index is 0.197. The second-order valence-electron chi connectivity index (χ2n) is 6.16. The zero-order valence-corrected chi connectivity index (χ0v) is 14.2. The lowest BCUT2D eigenvalue weighted by Crippen LogP contribution is -2.51. The largest absolute Gasteiger partial charge is 0.416 e. The van der Waals surface area contributed by atoms with E-state index in [1.807, 2.05) is 30.3 Å². The van der Waals surface area contributed by atoms with Crippen molar-refractivity contribution in [2.75, 3.05) is 31.1 Å². The third kappa shape index (κ3) is 4.47. The molecule has 7 heteroatoms. The van der Waals surface area contributed by atoms with E-state index in [1.54, 1.807) is 4.90 Å². The van der Waals surface area contributed by atoms with Gasteiger partial charge in [0.05, 0.1) is 5.56 Å². The first-order chi connectivity index (χ1) is 12.4. The van der Waals surface area contributed by atoms with Gasteiger partial charge in [-0.05, 0) is 29.8 Å². The molecule has 0 unspecified atom stereocenters. The van der Waals surface area contributed by atoms with Crippen LogP contribution in [0.1, 0.15) is 11.1 Å². The van der Waals surface area contributed by atoms with Gasteiger partial charge in [0.2, 0.25) is 0 Å². The first-order valence-corrected chi connectivity index (χ1v) is 8.42. The second kappa shape index (κ2) is 7.68. The maximum Gasteiger partial charge on any atom is 0.416 e. The standard InChI is InChI=1S/C19H20F3N3O/c20-19(21,22)16-8-6-15(7-9-16)14-23-18(26)25-12-10-24(11-13-25)17-4-2-1-3-5-17/h1-9H,10-14H2,(H,23,26). The van der Waals surface area contributed by atoms with Gasteiger partial charge < -0.3 is 15.1 Å². The molecule has 0 saturated carbocycles. The van der Waals surface area contributed by atoms with E-state index in [0.717, 1.165) is 30.9 Å². The highest BCUT2D eigenvalue weighted by Crippen LogP contribution is 2.29. The van der Waals surface area contributed by atoms with E-state index in [0.29, 0.717) is 18.7 Å². The van der Waals surface area contributed by atoms with Crippen LogP contribution in [0.15, 0.2) is 54.6 Å². The molecular weight excluding hydrogens is 343 g/mol. The molecule has 0 spiro atoms. The van der Waals surface area contributed by atoms with Crippen molar-refractivity contribution in [2.24, 2.45) is 0 Å². The van der Waals surface area contributed by atoms with Gasteiger partial charge in [-0.25, -0.2) is 4.79 Å². The number of alkyl halides is 3. The van der Waals surface area contributed by atoms with Crippen LogP contribution in [0.2, 0.25) is 0 Å². The zero-order valence-electron chi connectivity index (χ0n) is 14.2. The van der Waals surface area contributed by atoms with Crippen LogP contribution in [0.5, 0.6) is 0 Å². The monoisotopic (exact) mass is 363 g/mol. The van der Waals surface area contributed by atoms with Gasteiger partial charge in [0.1, 0.15) is 0 Å². The van der Waals surface area contributed by atoms with Gasteiger partial charge >= 0.3 is 12.2 Å². The Kier molecular flexibility index (Phi) is 5.35. The van der Waals surface area contributed by atoms with Crippen molar-refractivity contribution in [1.29, 1.82) is 0 Å². The predicted molar refractivity (Wildman–Crippen MR) is 93.9 cm³/mol. The first kappa shape index (κ1) is 18.1. The SMILES string of the molecule is O=C(NCc1ccc(C(F)(F)F)cc1)N1CCN(c2ccccc2)CC1. The predicted octanol–water partition coefficient (Wildman–Crippen LogP) is 3.74. The van der Waals surface area contributed by atoms with Crippen LogP contribution in [-0.2, 0) is 12.7 Å². The third-order valence-electron chi connectivity index (χ3n) is 4.41. The van der Waals surface area contributed by atoms with Gasteiger partial charge in [-0.3, -0.25) is 0 Å². The Hall–Kier alpha value is -2.70. The molecule has 0 aliphatic carbocycles. The normalized spacial score (nSPS) is 15.0. The van der Waals surface area contributed by atoms with Crippen molar-refractivity contribution in [3.63, 3.8) is 0 Å². The molecule has 3 rings (SSSR count). The molecule has 1 fully saturated rings. The summed E-state index contributed by atoms with van der Waals surface area (Å²) in [5.74, 6) is 0. The molecule has 1 heterocycles. The molecule has 26 heavy (non-hydrogen) atoms. The molecule has 2 aromatic carbocycles. The molecule has 1 saturated heterocycles. The first-order valence-electron chi connectivity index (χ1n) is 8.42. The number of nitrogens with zero attached hydrogens (tertiary/aromatic N) is 2. The van der Waals surface area contributed by atoms with E-state index in [-0.39, 0.29) is 12.6 Å². The van der Waals surface area contributed by atoms with Gasteiger partial charge in [-0.2, -0.15) is 13.2 Å². The Morgan fingerprint density at radius 3 is 2.12 bits per heavy atom. The lowest BCUT2D eigenvalue weighted by atomic mass is 10.1. The van der Waals surface area contributed by atoms with Crippen LogP contribution < -0.4 is 10.2 Å². The second-order valence-corrected chi connectivity index (χ2v) is 6.16. The third-order valence-corrected chi connectivity index (χ3v) is 4.41. The Morgan fingerprint density at radius 2 is 1.54 bits per heavy atom. The minimum atomic E-state index is -4.35. The van der Waals surface area contributed by atoms with Gasteiger partial charge in [0.15, 0.2) is 0 Å². The van der Waals surface area contributed by atoms with Crippen molar-refractivity contribution in [3.05, 3.63) is 65.7 Å². The number of anilines is 1. The lowest BCUT2D eigenvalue weighted by Gasteiger charge is -2.36. The van der Waals surface area contributed by atoms with Crippen LogP contribution in [0.3, 0.4) is 0 Å². The molecule has 138 valence electrons. The molecule has 1 aliphatic rings. The summed E-state index contributed by atoms with van der Waals surface area (Å²) in [4.78, 5) is 16.2. The summed E-state index contributed by atoms with van der Waals surface area (Å²) in [6.45, 7) is 2.91. The van der Waals surface area contributed by atoms with Crippen molar-refractivity contribution in [2.45, 2.75) is 12.7 Å². The zero-order chi connectivity index (χ0) is 18.6. The van der Waals surface area contributed by atoms with Crippen LogP contribution in [0, 0.1) is 0 Å². The number of para-hydroxylation sites is 1. The number of nitrogens with one attached hydrogen (secondary N) is 1. The highest BCUT2D eigenvalue weighted by atomic mass is 19.4. The molecule has 0 radical (unpaired) electrons. The number of carbonyl (C=O) groups is 1. The highest BCUT2D eigenvalue weighted by Gasteiger charge is 2.30. The van der Waals surface area contributed by atoms with Crippen LogP contribution in [0.25, 0.3) is 0 Å². The summed E-state index contributed by atoms with van der Waals surface area (Å²) < 4.78 is 37.7. The minimum Gasteiger partial charge on any atom is -0.368 e. The average Bonchev–Trinajstić information content (AvgIpc) is 2.66. The summed E-state index contributed by atoms with van der Waals surface area (Å²) in [7, 11) is 0. The van der Waals surface area contributed by atoms with Crippen LogP contribution in [0.4, 0.5) is 23.7 Å². The van der Waals surface area contributed by atoms with Gasteiger partial charge in [0.25, 0.3) is 0 Å². The molecule has 0 bridgehead atoms. The van der Waals surface area contributed by atoms with Crippen molar-refractivity contribution < 1.29 is 18.0 Å². The summed E-state index contributed by atoms with van der Waals surface area (Å²) in [5, 5.41) is 2.77. The lowest BCUT2D eigenvalue weighted by molar-refractivity contribution is -0.137. The van der Waals surface area contributed by atoms with Gasteiger partial charge in [0, 0.05) is 38.4 Å². The topological polar surface area (TPSA) is 35.6 Å². The molecule has 4 nitrogen and oxygen atoms in total. The van der Waals surface area contributed by atoms with E-state index >= 15 is 0 Å². The smallest absolute Gasteiger partial charge is 0.368 e. The van der Waals surface area contributed by atoms with Crippen molar-refractivity contribution in [3.8, 4) is 0 Å². The number of amides is 2. The summed E-state index contributed by atoms with van der Waals surface area (Å²) in [5.41, 5.74) is 1.08. The molecule has 1 N–H and O–H groups in total.